The molecule has 0 rings (SSSR count). The van der Waals surface area contributed by atoms with Gasteiger partial charge in [0.25, 0.3) is 0 Å². The minimum absolute atomic E-state index is 0.0118. The standard InChI is InChI=1S/C10H16O5/c1-2-6-14-7-8-15-10(13)5-3-4-9(11)12/h2H,1,3-8H2,(H,11,12). The lowest BCUT2D eigenvalue weighted by molar-refractivity contribution is -0.145. The number of carbonyl (C=O) groups is 2. The van der Waals surface area contributed by atoms with Crippen molar-refractivity contribution >= 4 is 11.9 Å². The zero-order valence-corrected chi connectivity index (χ0v) is 8.61. The molecule has 15 heavy (non-hydrogen) atoms. The fourth-order valence-electron chi connectivity index (χ4n) is 0.837. The monoisotopic (exact) mass is 216 g/mol. The van der Waals surface area contributed by atoms with E-state index in [-0.39, 0.29) is 19.4 Å². The van der Waals surface area contributed by atoms with Gasteiger partial charge in [0.1, 0.15) is 6.61 Å². The summed E-state index contributed by atoms with van der Waals surface area (Å²) in [7, 11) is 0. The fourth-order valence-corrected chi connectivity index (χ4v) is 0.837. The Balaban J connectivity index is 3.25. The second-order valence-electron chi connectivity index (χ2n) is 2.83. The van der Waals surface area contributed by atoms with Gasteiger partial charge in [0, 0.05) is 12.8 Å². The zero-order valence-electron chi connectivity index (χ0n) is 8.61. The maximum atomic E-state index is 11.0. The number of esters is 1. The summed E-state index contributed by atoms with van der Waals surface area (Å²) in [6.45, 7) is 4.41. The first-order valence-corrected chi connectivity index (χ1v) is 4.73. The Morgan fingerprint density at radius 1 is 1.27 bits per heavy atom. The van der Waals surface area contributed by atoms with Crippen LogP contribution in [0.15, 0.2) is 12.7 Å². The normalized spacial score (nSPS) is 9.60. The van der Waals surface area contributed by atoms with E-state index in [0.717, 1.165) is 0 Å². The predicted molar refractivity (Wildman–Crippen MR) is 53.5 cm³/mol. The van der Waals surface area contributed by atoms with Crippen LogP contribution >= 0.6 is 0 Å². The summed E-state index contributed by atoms with van der Waals surface area (Å²) in [6, 6.07) is 0. The lowest BCUT2D eigenvalue weighted by Crippen LogP contribution is -2.11. The summed E-state index contributed by atoms with van der Waals surface area (Å²) in [6.07, 6.45) is 2.03. The summed E-state index contributed by atoms with van der Waals surface area (Å²) in [5, 5.41) is 8.32. The molecule has 0 aromatic heterocycles. The van der Waals surface area contributed by atoms with Crippen molar-refractivity contribution in [2.24, 2.45) is 0 Å². The van der Waals surface area contributed by atoms with E-state index < -0.39 is 11.9 Å². The van der Waals surface area contributed by atoms with Crippen molar-refractivity contribution in [3.05, 3.63) is 12.7 Å². The summed E-state index contributed by atoms with van der Waals surface area (Å²) in [5.41, 5.74) is 0. The molecule has 0 unspecified atom stereocenters. The molecule has 0 amide bonds. The van der Waals surface area contributed by atoms with Crippen molar-refractivity contribution in [2.45, 2.75) is 19.3 Å². The lowest BCUT2D eigenvalue weighted by Gasteiger charge is -2.03. The average Bonchev–Trinajstić information content (AvgIpc) is 2.17. The molecule has 5 nitrogen and oxygen atoms in total. The van der Waals surface area contributed by atoms with Gasteiger partial charge in [-0.05, 0) is 6.42 Å². The molecule has 86 valence electrons. The highest BCUT2D eigenvalue weighted by atomic mass is 16.6. The first-order valence-electron chi connectivity index (χ1n) is 4.73. The van der Waals surface area contributed by atoms with Gasteiger partial charge < -0.3 is 14.6 Å². The van der Waals surface area contributed by atoms with Gasteiger partial charge in [-0.1, -0.05) is 6.08 Å². The third kappa shape index (κ3) is 10.6. The molecule has 1 N–H and O–H groups in total. The summed E-state index contributed by atoms with van der Waals surface area (Å²) < 4.78 is 9.77. The van der Waals surface area contributed by atoms with Gasteiger partial charge in [0.15, 0.2) is 0 Å². The van der Waals surface area contributed by atoms with Crippen LogP contribution in [0.5, 0.6) is 0 Å². The van der Waals surface area contributed by atoms with E-state index in [9.17, 15) is 9.59 Å². The van der Waals surface area contributed by atoms with Crippen LogP contribution in [-0.2, 0) is 19.1 Å². The van der Waals surface area contributed by atoms with E-state index in [4.69, 9.17) is 14.6 Å². The van der Waals surface area contributed by atoms with Gasteiger partial charge in [-0.2, -0.15) is 0 Å². The van der Waals surface area contributed by atoms with Crippen LogP contribution in [0.25, 0.3) is 0 Å². The summed E-state index contributed by atoms with van der Waals surface area (Å²) in [4.78, 5) is 21.1. The Morgan fingerprint density at radius 2 is 2.00 bits per heavy atom. The molecule has 0 atom stereocenters. The number of carboxylic acid groups (broad SMARTS) is 1. The highest BCUT2D eigenvalue weighted by Crippen LogP contribution is 1.97. The topological polar surface area (TPSA) is 72.8 Å². The molecule has 0 radical (unpaired) electrons. The first kappa shape index (κ1) is 13.6. The fraction of sp³-hybridized carbons (Fsp3) is 0.600. The van der Waals surface area contributed by atoms with Crippen molar-refractivity contribution in [3.63, 3.8) is 0 Å². The lowest BCUT2D eigenvalue weighted by atomic mass is 10.2. The quantitative estimate of drug-likeness (QED) is 0.353. The Labute approximate surface area is 88.7 Å². The van der Waals surface area contributed by atoms with Gasteiger partial charge in [0.05, 0.1) is 13.2 Å². The van der Waals surface area contributed by atoms with Crippen LogP contribution in [0.1, 0.15) is 19.3 Å². The number of carboxylic acids is 1. The molecule has 0 bridgehead atoms. The van der Waals surface area contributed by atoms with Crippen LogP contribution in [0.3, 0.4) is 0 Å². The molecule has 0 aromatic carbocycles. The molecule has 0 aliphatic rings. The maximum Gasteiger partial charge on any atom is 0.305 e. The summed E-state index contributed by atoms with van der Waals surface area (Å²) in [5.74, 6) is -1.30. The van der Waals surface area contributed by atoms with Crippen LogP contribution in [0, 0.1) is 0 Å². The third-order valence-corrected chi connectivity index (χ3v) is 1.50. The number of carbonyl (C=O) groups excluding carboxylic acids is 1. The number of aliphatic carboxylic acids is 1. The van der Waals surface area contributed by atoms with E-state index in [1.54, 1.807) is 6.08 Å². The van der Waals surface area contributed by atoms with Crippen molar-refractivity contribution in [3.8, 4) is 0 Å². The summed E-state index contributed by atoms with van der Waals surface area (Å²) >= 11 is 0. The molecule has 0 heterocycles. The van der Waals surface area contributed by atoms with Gasteiger partial charge in [0.2, 0.25) is 0 Å². The second-order valence-corrected chi connectivity index (χ2v) is 2.83. The van der Waals surface area contributed by atoms with E-state index in [2.05, 4.69) is 6.58 Å². The molecular weight excluding hydrogens is 200 g/mol. The highest BCUT2D eigenvalue weighted by molar-refractivity contribution is 5.71. The molecule has 0 aliphatic heterocycles. The molecule has 0 saturated heterocycles. The van der Waals surface area contributed by atoms with Gasteiger partial charge in [-0.25, -0.2) is 0 Å². The number of ether oxygens (including phenoxy) is 2. The number of rotatable bonds is 9. The van der Waals surface area contributed by atoms with Gasteiger partial charge >= 0.3 is 11.9 Å². The van der Waals surface area contributed by atoms with Crippen LogP contribution in [-0.4, -0.2) is 36.9 Å². The molecule has 0 aromatic rings. The molecule has 0 spiro atoms. The van der Waals surface area contributed by atoms with E-state index in [1.165, 1.54) is 0 Å². The van der Waals surface area contributed by atoms with Crippen LogP contribution < -0.4 is 0 Å². The van der Waals surface area contributed by atoms with Crippen LogP contribution in [0.4, 0.5) is 0 Å². The van der Waals surface area contributed by atoms with E-state index in [1.807, 2.05) is 0 Å². The van der Waals surface area contributed by atoms with Crippen molar-refractivity contribution in [2.75, 3.05) is 19.8 Å². The number of hydrogen-bond donors (Lipinski definition) is 1. The molecule has 0 saturated carbocycles. The molecule has 0 aliphatic carbocycles. The van der Waals surface area contributed by atoms with Crippen molar-refractivity contribution in [1.82, 2.24) is 0 Å². The maximum absolute atomic E-state index is 11.0. The smallest absolute Gasteiger partial charge is 0.305 e. The van der Waals surface area contributed by atoms with Crippen molar-refractivity contribution < 1.29 is 24.2 Å². The largest absolute Gasteiger partial charge is 0.481 e. The Hall–Kier alpha value is -1.36. The molecule has 0 fully saturated rings. The average molecular weight is 216 g/mol. The Morgan fingerprint density at radius 3 is 2.60 bits per heavy atom. The van der Waals surface area contributed by atoms with E-state index in [0.29, 0.717) is 19.6 Å². The second kappa shape index (κ2) is 9.21. The Bertz CT molecular complexity index is 212. The molecule has 5 heteroatoms. The minimum Gasteiger partial charge on any atom is -0.481 e. The third-order valence-electron chi connectivity index (χ3n) is 1.50. The SMILES string of the molecule is C=CCOCCOC(=O)CCCC(=O)O. The Kier molecular flexibility index (Phi) is 8.37. The van der Waals surface area contributed by atoms with Gasteiger partial charge in [-0.15, -0.1) is 6.58 Å². The first-order chi connectivity index (χ1) is 7.16. The predicted octanol–water partition coefficient (Wildman–Crippen LogP) is 0.987. The van der Waals surface area contributed by atoms with Gasteiger partial charge in [-0.3, -0.25) is 9.59 Å². The number of hydrogen-bond acceptors (Lipinski definition) is 4. The molecular formula is C10H16O5. The van der Waals surface area contributed by atoms with Crippen LogP contribution in [0.2, 0.25) is 0 Å². The van der Waals surface area contributed by atoms with E-state index >= 15 is 0 Å². The zero-order chi connectivity index (χ0) is 11.5. The van der Waals surface area contributed by atoms with Crippen molar-refractivity contribution in [1.29, 1.82) is 0 Å². The highest BCUT2D eigenvalue weighted by Gasteiger charge is 2.04. The minimum atomic E-state index is -0.905.